The quantitative estimate of drug-likeness (QED) is 0.424. The molecular formula is C30H43N7O4S. The highest BCUT2D eigenvalue weighted by Gasteiger charge is 2.39. The molecule has 1 aromatic carbocycles. The maximum absolute atomic E-state index is 13.6. The van der Waals surface area contributed by atoms with Crippen molar-refractivity contribution in [2.24, 2.45) is 11.7 Å². The number of carbonyl (C=O) groups is 2. The number of primary amides is 1. The van der Waals surface area contributed by atoms with Crippen LogP contribution in [0.2, 0.25) is 0 Å². The molecule has 3 fully saturated rings. The number of nitrogens with one attached hydrogen (secondary N) is 2. The average Bonchev–Trinajstić information content (AvgIpc) is 3.68. The second-order valence-electron chi connectivity index (χ2n) is 13.3. The minimum Gasteiger partial charge on any atom is -0.382 e. The summed E-state index contributed by atoms with van der Waals surface area (Å²) >= 11 is 0. The summed E-state index contributed by atoms with van der Waals surface area (Å²) in [5, 5.41) is 10.9. The van der Waals surface area contributed by atoms with E-state index in [-0.39, 0.29) is 17.2 Å². The van der Waals surface area contributed by atoms with Crippen LogP contribution in [0.15, 0.2) is 18.2 Å². The molecule has 0 unspecified atom stereocenters. The van der Waals surface area contributed by atoms with Crippen LogP contribution in [0.5, 0.6) is 0 Å². The smallest absolute Gasteiger partial charge is 0.255 e. The SMILES string of the molecule is Cc1nn(-c2ccc(C(N)=O)c(NC3CCN(S(=O)(=O)[C@@H]4CCCN(CC5CC5)C4)CC3)c2)c2c1C(=O)NC(C)(C)C2. The summed E-state index contributed by atoms with van der Waals surface area (Å²) in [5.74, 6) is 0.0742. The van der Waals surface area contributed by atoms with Crippen molar-refractivity contribution in [1.29, 1.82) is 0 Å². The zero-order valence-electron chi connectivity index (χ0n) is 24.9. The van der Waals surface area contributed by atoms with E-state index in [0.29, 0.717) is 61.4 Å². The number of likely N-dealkylation sites (tertiary alicyclic amines) is 1. The number of carbonyl (C=O) groups excluding carboxylic acids is 2. The Morgan fingerprint density at radius 2 is 1.88 bits per heavy atom. The summed E-state index contributed by atoms with van der Waals surface area (Å²) in [6.07, 6.45) is 6.08. The highest BCUT2D eigenvalue weighted by Crippen LogP contribution is 2.33. The molecule has 2 amide bonds. The van der Waals surface area contributed by atoms with Crippen molar-refractivity contribution in [1.82, 2.24) is 24.3 Å². The fraction of sp³-hybridized carbons (Fsp3) is 0.633. The van der Waals surface area contributed by atoms with Crippen molar-refractivity contribution in [3.63, 3.8) is 0 Å². The molecule has 1 atom stereocenters. The molecule has 4 heterocycles. The molecule has 12 heteroatoms. The van der Waals surface area contributed by atoms with Gasteiger partial charge in [-0.15, -0.1) is 0 Å². The summed E-state index contributed by atoms with van der Waals surface area (Å²) in [7, 11) is -3.37. The third-order valence-electron chi connectivity index (χ3n) is 9.23. The van der Waals surface area contributed by atoms with Crippen LogP contribution in [-0.4, -0.2) is 88.8 Å². The normalized spacial score (nSPS) is 23.8. The molecule has 0 bridgehead atoms. The van der Waals surface area contributed by atoms with Crippen molar-refractivity contribution in [3.05, 3.63) is 40.7 Å². The van der Waals surface area contributed by atoms with Crippen LogP contribution < -0.4 is 16.4 Å². The number of piperidine rings is 2. The molecule has 1 aliphatic carbocycles. The van der Waals surface area contributed by atoms with Gasteiger partial charge in [0.2, 0.25) is 10.0 Å². The second-order valence-corrected chi connectivity index (χ2v) is 15.5. The Morgan fingerprint density at radius 1 is 1.14 bits per heavy atom. The molecule has 0 spiro atoms. The number of aromatic nitrogens is 2. The van der Waals surface area contributed by atoms with Gasteiger partial charge in [-0.3, -0.25) is 9.59 Å². The third-order valence-corrected chi connectivity index (χ3v) is 11.5. The number of aryl methyl sites for hydroxylation is 1. The highest BCUT2D eigenvalue weighted by atomic mass is 32.2. The van der Waals surface area contributed by atoms with Crippen molar-refractivity contribution in [3.8, 4) is 5.69 Å². The third kappa shape index (κ3) is 5.80. The van der Waals surface area contributed by atoms with Crippen LogP contribution in [0, 0.1) is 12.8 Å². The number of nitrogens with zero attached hydrogens (tertiary/aromatic N) is 4. The number of nitrogens with two attached hydrogens (primary N) is 1. The highest BCUT2D eigenvalue weighted by molar-refractivity contribution is 7.89. The van der Waals surface area contributed by atoms with Crippen LogP contribution in [0.1, 0.15) is 84.5 Å². The lowest BCUT2D eigenvalue weighted by atomic mass is 9.90. The fourth-order valence-corrected chi connectivity index (χ4v) is 8.86. The fourth-order valence-electron chi connectivity index (χ4n) is 6.85. The molecule has 4 N–H and O–H groups in total. The van der Waals surface area contributed by atoms with E-state index in [2.05, 4.69) is 20.6 Å². The summed E-state index contributed by atoms with van der Waals surface area (Å²) in [5.41, 5.74) is 9.07. The first-order valence-electron chi connectivity index (χ1n) is 15.2. The minimum absolute atomic E-state index is 0.0134. The number of benzene rings is 1. The zero-order valence-corrected chi connectivity index (χ0v) is 25.7. The van der Waals surface area contributed by atoms with E-state index >= 15 is 0 Å². The summed E-state index contributed by atoms with van der Waals surface area (Å²) in [4.78, 5) is 27.5. The molecule has 228 valence electrons. The van der Waals surface area contributed by atoms with Gasteiger partial charge >= 0.3 is 0 Å². The van der Waals surface area contributed by atoms with E-state index < -0.39 is 21.5 Å². The molecule has 6 rings (SSSR count). The number of rotatable bonds is 8. The first kappa shape index (κ1) is 29.1. The van der Waals surface area contributed by atoms with Crippen LogP contribution >= 0.6 is 0 Å². The molecule has 0 radical (unpaired) electrons. The van der Waals surface area contributed by atoms with Crippen LogP contribution in [0.3, 0.4) is 0 Å². The Labute approximate surface area is 248 Å². The predicted molar refractivity (Wildman–Crippen MR) is 161 cm³/mol. The van der Waals surface area contributed by atoms with E-state index in [1.807, 2.05) is 26.8 Å². The van der Waals surface area contributed by atoms with Gasteiger partial charge in [-0.2, -0.15) is 5.10 Å². The van der Waals surface area contributed by atoms with E-state index in [0.717, 1.165) is 43.2 Å². The molecule has 2 aromatic rings. The number of fused-ring (bicyclic) bond motifs is 1. The van der Waals surface area contributed by atoms with Crippen LogP contribution in [0.25, 0.3) is 5.69 Å². The minimum atomic E-state index is -3.37. The topological polar surface area (TPSA) is 143 Å². The second kappa shape index (κ2) is 10.9. The lowest BCUT2D eigenvalue weighted by Crippen LogP contribution is -2.51. The number of amides is 2. The first-order valence-corrected chi connectivity index (χ1v) is 16.7. The first-order chi connectivity index (χ1) is 19.9. The van der Waals surface area contributed by atoms with Crippen molar-refractivity contribution in [2.75, 3.05) is 38.0 Å². The number of anilines is 1. The molecule has 2 saturated heterocycles. The number of hydrogen-bond acceptors (Lipinski definition) is 7. The predicted octanol–water partition coefficient (Wildman–Crippen LogP) is 2.42. The van der Waals surface area contributed by atoms with Crippen molar-refractivity contribution < 1.29 is 18.0 Å². The maximum atomic E-state index is 13.6. The van der Waals surface area contributed by atoms with Gasteiger partial charge in [0.25, 0.3) is 11.8 Å². The molecule has 1 saturated carbocycles. The standard InChI is InChI=1S/C30H43N7O4S/c1-19-27-26(16-30(2,3)33-29(27)39)37(34-19)22-8-9-24(28(31)38)25(15-22)32-21-10-13-36(14-11-21)42(40,41)23-5-4-12-35(18-23)17-20-6-7-20/h8-9,15,20-21,23,32H,4-7,10-14,16-18H2,1-3H3,(H2,31,38)(H,33,39)/t23-/m1/s1. The molecule has 3 aliphatic heterocycles. The summed E-state index contributed by atoms with van der Waals surface area (Å²) in [6.45, 7) is 9.35. The molecule has 1 aromatic heterocycles. The van der Waals surface area contributed by atoms with E-state index in [4.69, 9.17) is 5.73 Å². The van der Waals surface area contributed by atoms with Gasteiger partial charge in [0, 0.05) is 49.9 Å². The Hall–Kier alpha value is -2.96. The van der Waals surface area contributed by atoms with Gasteiger partial charge in [0.15, 0.2) is 0 Å². The number of sulfonamides is 1. The lowest BCUT2D eigenvalue weighted by Gasteiger charge is -2.38. The largest absolute Gasteiger partial charge is 0.382 e. The Morgan fingerprint density at radius 3 is 2.57 bits per heavy atom. The van der Waals surface area contributed by atoms with Gasteiger partial charge in [-0.1, -0.05) is 0 Å². The molecule has 4 aliphatic rings. The van der Waals surface area contributed by atoms with Crippen LogP contribution in [0.4, 0.5) is 5.69 Å². The Bertz CT molecular complexity index is 1490. The average molecular weight is 598 g/mol. The summed E-state index contributed by atoms with van der Waals surface area (Å²) in [6, 6.07) is 5.32. The molecular weight excluding hydrogens is 554 g/mol. The van der Waals surface area contributed by atoms with Gasteiger partial charge in [0.05, 0.1) is 33.5 Å². The van der Waals surface area contributed by atoms with Crippen molar-refractivity contribution in [2.45, 2.75) is 82.5 Å². The lowest BCUT2D eigenvalue weighted by molar-refractivity contribution is 0.0894. The van der Waals surface area contributed by atoms with Gasteiger partial charge in [-0.05, 0) is 90.0 Å². The maximum Gasteiger partial charge on any atom is 0.255 e. The van der Waals surface area contributed by atoms with Gasteiger partial charge < -0.3 is 21.3 Å². The molecule has 11 nitrogen and oxygen atoms in total. The van der Waals surface area contributed by atoms with E-state index in [9.17, 15) is 18.0 Å². The Kier molecular flexibility index (Phi) is 7.59. The van der Waals surface area contributed by atoms with E-state index in [1.165, 1.54) is 12.8 Å². The zero-order chi connectivity index (χ0) is 29.8. The van der Waals surface area contributed by atoms with Crippen molar-refractivity contribution >= 4 is 27.5 Å². The molecule has 42 heavy (non-hydrogen) atoms. The van der Waals surface area contributed by atoms with Gasteiger partial charge in [0.1, 0.15) is 0 Å². The number of hydrogen-bond donors (Lipinski definition) is 3. The summed E-state index contributed by atoms with van der Waals surface area (Å²) < 4.78 is 30.6. The monoisotopic (exact) mass is 597 g/mol. The Balaban J connectivity index is 1.17. The van der Waals surface area contributed by atoms with Crippen LogP contribution in [-0.2, 0) is 16.4 Å². The van der Waals surface area contributed by atoms with E-state index in [1.54, 1.807) is 21.1 Å². The van der Waals surface area contributed by atoms with Gasteiger partial charge in [-0.25, -0.2) is 17.4 Å².